The Hall–Kier alpha value is -2.38. The number of carboxylic acids is 1. The number of carbonyl (C=O) groups is 4. The van der Waals surface area contributed by atoms with Gasteiger partial charge in [-0.3, -0.25) is 14.4 Å². The number of carboxylic acid groups (broad SMARTS) is 1. The van der Waals surface area contributed by atoms with Gasteiger partial charge < -0.3 is 20.6 Å². The minimum absolute atomic E-state index is 0.0134. The molecule has 2 aliphatic carbocycles. The van der Waals surface area contributed by atoms with E-state index in [1.807, 2.05) is 12.2 Å². The second-order valence-corrected chi connectivity index (χ2v) is 9.17. The molecule has 4 atom stereocenters. The second-order valence-electron chi connectivity index (χ2n) is 9.17. The van der Waals surface area contributed by atoms with Gasteiger partial charge >= 0.3 is 5.97 Å². The van der Waals surface area contributed by atoms with Crippen LogP contribution in [0.1, 0.15) is 64.2 Å². The predicted octanol–water partition coefficient (Wildman–Crippen LogP) is 1.35. The van der Waals surface area contributed by atoms with E-state index >= 15 is 0 Å². The van der Waals surface area contributed by atoms with Crippen molar-refractivity contribution in [3.8, 4) is 0 Å². The van der Waals surface area contributed by atoms with Gasteiger partial charge in [0.15, 0.2) is 0 Å². The molecular weight excluding hydrogens is 386 g/mol. The van der Waals surface area contributed by atoms with Crippen LogP contribution in [0.3, 0.4) is 0 Å². The van der Waals surface area contributed by atoms with E-state index in [4.69, 9.17) is 0 Å². The van der Waals surface area contributed by atoms with E-state index in [-0.39, 0.29) is 23.7 Å². The fraction of sp³-hybridized carbons (Fsp3) is 0.727. The van der Waals surface area contributed by atoms with Crippen molar-refractivity contribution in [3.05, 3.63) is 12.2 Å². The lowest BCUT2D eigenvalue weighted by Gasteiger charge is -2.29. The third-order valence-electron chi connectivity index (χ3n) is 6.88. The lowest BCUT2D eigenvalue weighted by Crippen LogP contribution is -2.56. The third-order valence-corrected chi connectivity index (χ3v) is 6.88. The van der Waals surface area contributed by atoms with Crippen LogP contribution < -0.4 is 10.6 Å². The number of nitrogens with zero attached hydrogens (tertiary/aromatic N) is 1. The minimum Gasteiger partial charge on any atom is -0.479 e. The molecule has 1 saturated heterocycles. The lowest BCUT2D eigenvalue weighted by atomic mass is 10.0. The molecule has 4 aliphatic rings. The molecule has 3 fully saturated rings. The number of allylic oxidation sites excluding steroid dienone is 1. The van der Waals surface area contributed by atoms with Crippen LogP contribution in [0.25, 0.3) is 0 Å². The van der Waals surface area contributed by atoms with Crippen molar-refractivity contribution >= 4 is 23.7 Å². The number of fused-ring (bicyclic) bond motifs is 2. The molecule has 3 N–H and O–H groups in total. The quantitative estimate of drug-likeness (QED) is 0.600. The summed E-state index contributed by atoms with van der Waals surface area (Å²) in [5.74, 6) is -1.91. The summed E-state index contributed by atoms with van der Waals surface area (Å²) in [6.07, 6.45) is 11.3. The van der Waals surface area contributed by atoms with Crippen LogP contribution in [0, 0.1) is 11.8 Å². The predicted molar refractivity (Wildman–Crippen MR) is 108 cm³/mol. The summed E-state index contributed by atoms with van der Waals surface area (Å²) in [5, 5.41) is 15.4. The molecule has 3 amide bonds. The molecule has 0 unspecified atom stereocenters. The second kappa shape index (κ2) is 8.40. The summed E-state index contributed by atoms with van der Waals surface area (Å²) in [7, 11) is 0. The molecule has 0 radical (unpaired) electrons. The van der Waals surface area contributed by atoms with Gasteiger partial charge in [-0.2, -0.15) is 0 Å². The van der Waals surface area contributed by atoms with Gasteiger partial charge in [-0.1, -0.05) is 25.0 Å². The van der Waals surface area contributed by atoms with Gasteiger partial charge in [-0.25, -0.2) is 4.79 Å². The van der Waals surface area contributed by atoms with Crippen molar-refractivity contribution in [2.45, 2.75) is 81.8 Å². The molecule has 0 bridgehead atoms. The monoisotopic (exact) mass is 417 g/mol. The molecule has 8 heteroatoms. The van der Waals surface area contributed by atoms with Crippen molar-refractivity contribution in [2.75, 3.05) is 6.54 Å². The smallest absolute Gasteiger partial charge is 0.330 e. The van der Waals surface area contributed by atoms with Crippen molar-refractivity contribution in [3.63, 3.8) is 0 Å². The molecule has 2 saturated carbocycles. The maximum Gasteiger partial charge on any atom is 0.330 e. The Balaban J connectivity index is 1.53. The molecule has 4 rings (SSSR count). The molecule has 2 aliphatic heterocycles. The molecule has 30 heavy (non-hydrogen) atoms. The normalized spacial score (nSPS) is 34.8. The molecule has 0 spiro atoms. The summed E-state index contributed by atoms with van der Waals surface area (Å²) in [6.45, 7) is 0.454. The highest BCUT2D eigenvalue weighted by Gasteiger charge is 2.61. The Labute approximate surface area is 176 Å². The van der Waals surface area contributed by atoms with Crippen LogP contribution in [-0.2, 0) is 19.2 Å². The minimum atomic E-state index is -1.26. The topological polar surface area (TPSA) is 116 Å². The number of rotatable bonds is 3. The SMILES string of the molecule is O=C(N[C@H]1CCCCCC=C[C@@H]2C[C@@]2(C(=O)O)NC(=O)[C@@H]2CCCN2C1=O)C1CC1. The Kier molecular flexibility index (Phi) is 5.84. The number of hydrogen-bond acceptors (Lipinski definition) is 4. The number of carbonyl (C=O) groups excluding carboxylic acids is 3. The van der Waals surface area contributed by atoms with Crippen LogP contribution in [0.4, 0.5) is 0 Å². The standard InChI is InChI=1S/C22H31N3O5/c26-18(14-10-11-14)23-16-8-5-3-1-2-4-7-15-13-22(15,21(29)30)24-19(27)17-9-6-12-25(17)20(16)28/h4,7,14-17H,1-3,5-6,8-13H2,(H,23,26)(H,24,27)(H,29,30)/t15-,16+,17+,22-/m1/s1. The van der Waals surface area contributed by atoms with Crippen LogP contribution in [0.15, 0.2) is 12.2 Å². The van der Waals surface area contributed by atoms with E-state index in [0.717, 1.165) is 38.5 Å². The molecular formula is C22H31N3O5. The summed E-state index contributed by atoms with van der Waals surface area (Å²) >= 11 is 0. The summed E-state index contributed by atoms with van der Waals surface area (Å²) < 4.78 is 0. The number of aliphatic carboxylic acids is 1. The fourth-order valence-electron chi connectivity index (χ4n) is 4.71. The number of nitrogens with one attached hydrogen (secondary N) is 2. The Morgan fingerprint density at radius 1 is 1.10 bits per heavy atom. The Morgan fingerprint density at radius 3 is 2.63 bits per heavy atom. The molecule has 0 aromatic heterocycles. The molecule has 0 aromatic rings. The first-order chi connectivity index (χ1) is 14.4. The van der Waals surface area contributed by atoms with Gasteiger partial charge in [0.1, 0.15) is 17.6 Å². The molecule has 0 aromatic carbocycles. The van der Waals surface area contributed by atoms with Crippen molar-refractivity contribution in [1.82, 2.24) is 15.5 Å². The number of hydrogen-bond donors (Lipinski definition) is 3. The maximum atomic E-state index is 13.3. The fourth-order valence-corrected chi connectivity index (χ4v) is 4.71. The molecule has 164 valence electrons. The Bertz CT molecular complexity index is 762. The average molecular weight is 418 g/mol. The summed E-state index contributed by atoms with van der Waals surface area (Å²) in [5.41, 5.74) is -1.26. The lowest BCUT2D eigenvalue weighted by molar-refractivity contribution is -0.146. The zero-order chi connectivity index (χ0) is 21.3. The van der Waals surface area contributed by atoms with Gasteiger partial charge in [-0.05, 0) is 51.4 Å². The maximum absolute atomic E-state index is 13.3. The van der Waals surface area contributed by atoms with E-state index in [9.17, 15) is 24.3 Å². The highest BCUT2D eigenvalue weighted by atomic mass is 16.4. The molecule has 2 heterocycles. The van der Waals surface area contributed by atoms with Crippen LogP contribution >= 0.6 is 0 Å². The first-order valence-electron chi connectivity index (χ1n) is 11.3. The van der Waals surface area contributed by atoms with Gasteiger partial charge in [0.05, 0.1) is 0 Å². The first kappa shape index (κ1) is 20.9. The number of amides is 3. The van der Waals surface area contributed by atoms with E-state index in [1.54, 1.807) is 4.90 Å². The largest absolute Gasteiger partial charge is 0.479 e. The van der Waals surface area contributed by atoms with Gasteiger partial charge in [-0.15, -0.1) is 0 Å². The van der Waals surface area contributed by atoms with Crippen LogP contribution in [0.2, 0.25) is 0 Å². The summed E-state index contributed by atoms with van der Waals surface area (Å²) in [4.78, 5) is 52.0. The van der Waals surface area contributed by atoms with Crippen molar-refractivity contribution in [1.29, 1.82) is 0 Å². The average Bonchev–Trinajstić information content (AvgIpc) is 3.62. The van der Waals surface area contributed by atoms with Crippen molar-refractivity contribution in [2.24, 2.45) is 11.8 Å². The van der Waals surface area contributed by atoms with Gasteiger partial charge in [0.25, 0.3) is 0 Å². The van der Waals surface area contributed by atoms with Gasteiger partial charge in [0.2, 0.25) is 17.7 Å². The van der Waals surface area contributed by atoms with Gasteiger partial charge in [0, 0.05) is 18.4 Å². The first-order valence-corrected chi connectivity index (χ1v) is 11.3. The third kappa shape index (κ3) is 4.23. The zero-order valence-corrected chi connectivity index (χ0v) is 17.3. The Morgan fingerprint density at radius 2 is 1.90 bits per heavy atom. The van der Waals surface area contributed by atoms with E-state index in [1.165, 1.54) is 0 Å². The highest BCUT2D eigenvalue weighted by molar-refractivity contribution is 5.96. The van der Waals surface area contributed by atoms with Crippen LogP contribution in [0.5, 0.6) is 0 Å². The van der Waals surface area contributed by atoms with E-state index < -0.39 is 29.5 Å². The molecule has 8 nitrogen and oxygen atoms in total. The van der Waals surface area contributed by atoms with E-state index in [0.29, 0.717) is 32.2 Å². The van der Waals surface area contributed by atoms with Crippen LogP contribution in [-0.4, -0.2) is 57.9 Å². The highest BCUT2D eigenvalue weighted by Crippen LogP contribution is 2.45. The summed E-state index contributed by atoms with van der Waals surface area (Å²) in [6, 6.07) is -1.29. The van der Waals surface area contributed by atoms with E-state index in [2.05, 4.69) is 10.6 Å². The zero-order valence-electron chi connectivity index (χ0n) is 17.3. The van der Waals surface area contributed by atoms with Crippen molar-refractivity contribution < 1.29 is 24.3 Å².